The van der Waals surface area contributed by atoms with E-state index >= 15 is 0 Å². The Hall–Kier alpha value is -2.25. The third-order valence-electron chi connectivity index (χ3n) is 5.77. The molecule has 1 aliphatic heterocycles. The molecule has 0 saturated carbocycles. The van der Waals surface area contributed by atoms with Crippen molar-refractivity contribution in [2.45, 2.75) is 45.7 Å². The largest absolute Gasteiger partial charge is 0.350 e. The molecule has 0 aromatic carbocycles. The van der Waals surface area contributed by atoms with Crippen molar-refractivity contribution in [3.8, 4) is 0 Å². The van der Waals surface area contributed by atoms with Gasteiger partial charge in [0.15, 0.2) is 5.65 Å². The first kappa shape index (κ1) is 20.0. The third-order valence-corrected chi connectivity index (χ3v) is 6.74. The Morgan fingerprint density at radius 1 is 1.31 bits per heavy atom. The van der Waals surface area contributed by atoms with Crippen LogP contribution >= 0.6 is 11.3 Å². The van der Waals surface area contributed by atoms with Gasteiger partial charge in [-0.3, -0.25) is 9.69 Å². The van der Waals surface area contributed by atoms with Gasteiger partial charge in [-0.15, -0.1) is 11.3 Å². The molecule has 1 unspecified atom stereocenters. The summed E-state index contributed by atoms with van der Waals surface area (Å²) in [7, 11) is 0. The molecule has 154 valence electrons. The molecule has 1 N–H and O–H groups in total. The average Bonchev–Trinajstić information content (AvgIpc) is 3.38. The van der Waals surface area contributed by atoms with E-state index in [9.17, 15) is 4.79 Å². The number of nitrogens with one attached hydrogen (secondary N) is 1. The summed E-state index contributed by atoms with van der Waals surface area (Å²) in [5, 5.41) is 10.5. The number of amides is 1. The van der Waals surface area contributed by atoms with Crippen molar-refractivity contribution in [2.75, 3.05) is 19.6 Å². The van der Waals surface area contributed by atoms with Crippen molar-refractivity contribution in [1.29, 1.82) is 0 Å². The number of rotatable bonds is 6. The number of pyridine rings is 1. The zero-order valence-electron chi connectivity index (χ0n) is 17.3. The van der Waals surface area contributed by atoms with Gasteiger partial charge in [-0.05, 0) is 63.2 Å². The van der Waals surface area contributed by atoms with Crippen molar-refractivity contribution in [3.05, 3.63) is 46.4 Å². The van der Waals surface area contributed by atoms with E-state index < -0.39 is 0 Å². The zero-order valence-corrected chi connectivity index (χ0v) is 18.2. The van der Waals surface area contributed by atoms with Crippen LogP contribution < -0.4 is 5.32 Å². The first-order valence-corrected chi connectivity index (χ1v) is 11.3. The lowest BCUT2D eigenvalue weighted by Crippen LogP contribution is -2.41. The van der Waals surface area contributed by atoms with Gasteiger partial charge in [0, 0.05) is 29.0 Å². The number of nitrogens with zero attached hydrogens (tertiary/aromatic N) is 4. The highest BCUT2D eigenvalue weighted by molar-refractivity contribution is 7.10. The van der Waals surface area contributed by atoms with Gasteiger partial charge in [0.1, 0.15) is 0 Å². The van der Waals surface area contributed by atoms with Gasteiger partial charge >= 0.3 is 0 Å². The maximum atomic E-state index is 12.8. The second-order valence-electron chi connectivity index (χ2n) is 8.28. The van der Waals surface area contributed by atoms with Gasteiger partial charge in [-0.1, -0.05) is 13.0 Å². The van der Waals surface area contributed by atoms with Crippen LogP contribution in [0.1, 0.15) is 60.9 Å². The highest BCUT2D eigenvalue weighted by Gasteiger charge is 2.26. The van der Waals surface area contributed by atoms with Crippen molar-refractivity contribution in [2.24, 2.45) is 5.92 Å². The van der Waals surface area contributed by atoms with Gasteiger partial charge in [0.2, 0.25) is 0 Å². The summed E-state index contributed by atoms with van der Waals surface area (Å²) in [5.74, 6) is 0.706. The Kier molecular flexibility index (Phi) is 5.96. The van der Waals surface area contributed by atoms with E-state index in [1.54, 1.807) is 23.7 Å². The maximum Gasteiger partial charge on any atom is 0.252 e. The minimum atomic E-state index is -0.0800. The normalized spacial score (nSPS) is 17.1. The molecular formula is C22H29N5OS. The standard InChI is InChI=1S/C22H29N5OS/c1-15(2)27-21-17(13-25-27)11-18(12-23-21)22(28)24-14-19(20-5-4-10-29-20)26-8-6-16(3)7-9-26/h4-5,10-13,15-16,19H,6-9,14H2,1-3H3,(H,24,28). The predicted molar refractivity (Wildman–Crippen MR) is 117 cm³/mol. The molecule has 3 aromatic heterocycles. The predicted octanol–water partition coefficient (Wildman–Crippen LogP) is 4.28. The molecule has 1 amide bonds. The first-order chi connectivity index (χ1) is 14.0. The second kappa shape index (κ2) is 8.63. The van der Waals surface area contributed by atoms with E-state index in [0.29, 0.717) is 12.1 Å². The lowest BCUT2D eigenvalue weighted by Gasteiger charge is -2.36. The third kappa shape index (κ3) is 4.36. The molecule has 1 atom stereocenters. The fraction of sp³-hybridized carbons (Fsp3) is 0.500. The number of aromatic nitrogens is 3. The van der Waals surface area contributed by atoms with Crippen LogP contribution in [-0.4, -0.2) is 45.2 Å². The number of carbonyl (C=O) groups excluding carboxylic acids is 1. The Balaban J connectivity index is 1.47. The summed E-state index contributed by atoms with van der Waals surface area (Å²) in [6, 6.07) is 6.61. The topological polar surface area (TPSA) is 63.1 Å². The quantitative estimate of drug-likeness (QED) is 0.658. The molecule has 1 fully saturated rings. The van der Waals surface area contributed by atoms with Crippen LogP contribution in [-0.2, 0) is 0 Å². The Morgan fingerprint density at radius 3 is 2.79 bits per heavy atom. The Labute approximate surface area is 175 Å². The molecule has 0 bridgehead atoms. The number of thiophene rings is 1. The minimum Gasteiger partial charge on any atom is -0.350 e. The summed E-state index contributed by atoms with van der Waals surface area (Å²) in [5.41, 5.74) is 1.40. The summed E-state index contributed by atoms with van der Waals surface area (Å²) in [4.78, 5) is 21.2. The number of likely N-dealkylation sites (tertiary alicyclic amines) is 1. The van der Waals surface area contributed by atoms with Crippen molar-refractivity contribution >= 4 is 28.3 Å². The first-order valence-electron chi connectivity index (χ1n) is 10.4. The fourth-order valence-electron chi connectivity index (χ4n) is 3.96. The molecule has 0 aliphatic carbocycles. The second-order valence-corrected chi connectivity index (χ2v) is 9.26. The molecule has 0 spiro atoms. The van der Waals surface area contributed by atoms with Crippen LogP contribution in [0.2, 0.25) is 0 Å². The lowest BCUT2D eigenvalue weighted by atomic mass is 9.97. The van der Waals surface area contributed by atoms with Crippen LogP contribution in [0.5, 0.6) is 0 Å². The number of carbonyl (C=O) groups is 1. The van der Waals surface area contributed by atoms with Crippen LogP contribution in [0, 0.1) is 5.92 Å². The van der Waals surface area contributed by atoms with Gasteiger partial charge < -0.3 is 5.32 Å². The fourth-order valence-corrected chi connectivity index (χ4v) is 4.83. The summed E-state index contributed by atoms with van der Waals surface area (Å²) in [6.07, 6.45) is 5.87. The van der Waals surface area contributed by atoms with E-state index in [2.05, 4.69) is 58.6 Å². The van der Waals surface area contributed by atoms with E-state index in [1.165, 1.54) is 17.7 Å². The number of hydrogen-bond acceptors (Lipinski definition) is 5. The van der Waals surface area contributed by atoms with Gasteiger partial charge in [0.05, 0.1) is 17.8 Å². The number of fused-ring (bicyclic) bond motifs is 1. The summed E-state index contributed by atoms with van der Waals surface area (Å²) >= 11 is 1.76. The SMILES string of the molecule is CC1CCN(C(CNC(=O)c2cnc3c(cnn3C(C)C)c2)c2cccs2)CC1. The smallest absolute Gasteiger partial charge is 0.252 e. The van der Waals surface area contributed by atoms with E-state index in [0.717, 1.165) is 30.0 Å². The molecule has 0 radical (unpaired) electrons. The summed E-state index contributed by atoms with van der Waals surface area (Å²) in [6.45, 7) is 9.24. The molecule has 4 heterocycles. The molecule has 4 rings (SSSR count). The van der Waals surface area contributed by atoms with Crippen molar-refractivity contribution in [1.82, 2.24) is 25.0 Å². The molecule has 7 heteroatoms. The Morgan fingerprint density at radius 2 is 2.10 bits per heavy atom. The zero-order chi connectivity index (χ0) is 20.4. The molecule has 6 nitrogen and oxygen atoms in total. The lowest BCUT2D eigenvalue weighted by molar-refractivity contribution is 0.0914. The van der Waals surface area contributed by atoms with Crippen LogP contribution in [0.4, 0.5) is 0 Å². The molecule has 1 aliphatic rings. The van der Waals surface area contributed by atoms with E-state index in [-0.39, 0.29) is 18.0 Å². The van der Waals surface area contributed by atoms with Gasteiger partial charge in [0.25, 0.3) is 5.91 Å². The van der Waals surface area contributed by atoms with Crippen LogP contribution in [0.3, 0.4) is 0 Å². The molecular weight excluding hydrogens is 382 g/mol. The minimum absolute atomic E-state index is 0.0800. The highest BCUT2D eigenvalue weighted by atomic mass is 32.1. The van der Waals surface area contributed by atoms with Crippen LogP contribution in [0.25, 0.3) is 11.0 Å². The van der Waals surface area contributed by atoms with Crippen molar-refractivity contribution < 1.29 is 4.79 Å². The highest BCUT2D eigenvalue weighted by Crippen LogP contribution is 2.29. The van der Waals surface area contributed by atoms with Gasteiger partial charge in [-0.2, -0.15) is 5.10 Å². The van der Waals surface area contributed by atoms with Crippen molar-refractivity contribution in [3.63, 3.8) is 0 Å². The Bertz CT molecular complexity index is 957. The van der Waals surface area contributed by atoms with E-state index in [4.69, 9.17) is 0 Å². The maximum absolute atomic E-state index is 12.8. The van der Waals surface area contributed by atoms with E-state index in [1.807, 2.05) is 10.7 Å². The molecule has 3 aromatic rings. The monoisotopic (exact) mass is 411 g/mol. The summed E-state index contributed by atoms with van der Waals surface area (Å²) < 4.78 is 1.88. The number of hydrogen-bond donors (Lipinski definition) is 1. The van der Waals surface area contributed by atoms with Crippen LogP contribution in [0.15, 0.2) is 36.0 Å². The molecule has 1 saturated heterocycles. The number of piperidine rings is 1. The van der Waals surface area contributed by atoms with Gasteiger partial charge in [-0.25, -0.2) is 9.67 Å². The molecule has 29 heavy (non-hydrogen) atoms. The average molecular weight is 412 g/mol.